The quantitative estimate of drug-likeness (QED) is 0.729. The normalized spacial score (nSPS) is 10.8. The molecule has 0 saturated carbocycles. The summed E-state index contributed by atoms with van der Waals surface area (Å²) in [7, 11) is 1.63. The van der Waals surface area contributed by atoms with E-state index in [4.69, 9.17) is 21.1 Å². The van der Waals surface area contributed by atoms with Crippen LogP contribution in [0.1, 0.15) is 6.92 Å². The van der Waals surface area contributed by atoms with Crippen molar-refractivity contribution in [3.63, 3.8) is 0 Å². The largest absolute Gasteiger partial charge is 0.496 e. The molecule has 21 heavy (non-hydrogen) atoms. The number of hydrogen-bond acceptors (Lipinski definition) is 3. The van der Waals surface area contributed by atoms with Crippen LogP contribution in [0.15, 0.2) is 42.7 Å². The van der Waals surface area contributed by atoms with Crippen molar-refractivity contribution in [1.29, 1.82) is 0 Å². The Morgan fingerprint density at radius 1 is 1.24 bits per heavy atom. The zero-order valence-electron chi connectivity index (χ0n) is 11.8. The predicted octanol–water partition coefficient (Wildman–Crippen LogP) is 4.06. The Bertz CT molecular complexity index is 783. The highest BCUT2D eigenvalue weighted by Crippen LogP contribution is 2.33. The molecule has 2 heterocycles. The van der Waals surface area contributed by atoms with Crippen LogP contribution in [0.2, 0.25) is 5.02 Å². The highest BCUT2D eigenvalue weighted by Gasteiger charge is 2.13. The van der Waals surface area contributed by atoms with E-state index >= 15 is 0 Å². The van der Waals surface area contributed by atoms with Gasteiger partial charge in [-0.15, -0.1) is 0 Å². The molecule has 2 aromatic heterocycles. The molecule has 0 aliphatic heterocycles. The van der Waals surface area contributed by atoms with Gasteiger partial charge in [-0.3, -0.25) is 0 Å². The maximum absolute atomic E-state index is 6.09. The van der Waals surface area contributed by atoms with Crippen LogP contribution < -0.4 is 9.47 Å². The van der Waals surface area contributed by atoms with Gasteiger partial charge in [-0.2, -0.15) is 0 Å². The monoisotopic (exact) mass is 302 g/mol. The molecule has 1 aromatic carbocycles. The van der Waals surface area contributed by atoms with E-state index in [1.165, 1.54) is 0 Å². The third kappa shape index (κ3) is 2.54. The van der Waals surface area contributed by atoms with Crippen molar-refractivity contribution in [3.8, 4) is 22.8 Å². The van der Waals surface area contributed by atoms with Gasteiger partial charge in [0, 0.05) is 23.0 Å². The third-order valence-corrected chi connectivity index (χ3v) is 3.42. The number of methoxy groups -OCH3 is 1. The van der Waals surface area contributed by atoms with Gasteiger partial charge >= 0.3 is 0 Å². The molecular formula is C16H15ClN2O2. The van der Waals surface area contributed by atoms with E-state index in [0.29, 0.717) is 11.6 Å². The topological polar surface area (TPSA) is 35.8 Å². The lowest BCUT2D eigenvalue weighted by Crippen LogP contribution is -1.94. The lowest BCUT2D eigenvalue weighted by Gasteiger charge is -2.06. The molecule has 3 aromatic rings. The molecule has 0 aliphatic carbocycles. The Hall–Kier alpha value is -2.20. The van der Waals surface area contributed by atoms with Gasteiger partial charge in [0.05, 0.1) is 19.4 Å². The molecule has 0 aliphatic rings. The number of halogens is 1. The Balaban J connectivity index is 2.17. The Kier molecular flexibility index (Phi) is 3.71. The van der Waals surface area contributed by atoms with Crippen LogP contribution >= 0.6 is 11.6 Å². The van der Waals surface area contributed by atoms with Gasteiger partial charge in [0.15, 0.2) is 11.4 Å². The molecular weight excluding hydrogens is 288 g/mol. The number of pyridine rings is 1. The second-order valence-electron chi connectivity index (χ2n) is 4.51. The van der Waals surface area contributed by atoms with Crippen LogP contribution in [0.5, 0.6) is 11.5 Å². The molecule has 0 saturated heterocycles. The van der Waals surface area contributed by atoms with Crippen LogP contribution in [0, 0.1) is 0 Å². The van der Waals surface area contributed by atoms with E-state index in [9.17, 15) is 0 Å². The fraction of sp³-hybridized carbons (Fsp3) is 0.188. The number of aromatic nitrogens is 2. The molecule has 0 atom stereocenters. The Morgan fingerprint density at radius 3 is 2.86 bits per heavy atom. The fourth-order valence-corrected chi connectivity index (χ4v) is 2.44. The molecule has 0 radical (unpaired) electrons. The standard InChI is InChI=1S/C16H15ClN2O2/c1-3-21-15-5-4-8-19-10-13(18-16(15)19)12-9-11(17)6-7-14(12)20-2/h4-10H,3H2,1-2H3. The molecule has 0 bridgehead atoms. The van der Waals surface area contributed by atoms with E-state index in [1.807, 2.05) is 48.0 Å². The van der Waals surface area contributed by atoms with Gasteiger partial charge in [-0.1, -0.05) is 11.6 Å². The van der Waals surface area contributed by atoms with Crippen LogP contribution in [-0.4, -0.2) is 23.1 Å². The number of ether oxygens (including phenoxy) is 2. The smallest absolute Gasteiger partial charge is 0.180 e. The number of imidazole rings is 1. The lowest BCUT2D eigenvalue weighted by molar-refractivity contribution is 0.342. The first-order valence-electron chi connectivity index (χ1n) is 6.67. The summed E-state index contributed by atoms with van der Waals surface area (Å²) >= 11 is 6.09. The second kappa shape index (κ2) is 5.66. The van der Waals surface area contributed by atoms with Gasteiger partial charge < -0.3 is 13.9 Å². The predicted molar refractivity (Wildman–Crippen MR) is 83.4 cm³/mol. The van der Waals surface area contributed by atoms with E-state index < -0.39 is 0 Å². The zero-order valence-corrected chi connectivity index (χ0v) is 12.6. The Labute approximate surface area is 127 Å². The minimum Gasteiger partial charge on any atom is -0.496 e. The molecule has 0 fully saturated rings. The number of fused-ring (bicyclic) bond motifs is 1. The maximum atomic E-state index is 6.09. The summed E-state index contributed by atoms with van der Waals surface area (Å²) in [6, 6.07) is 9.32. The number of rotatable bonds is 4. The number of nitrogens with zero attached hydrogens (tertiary/aromatic N) is 2. The van der Waals surface area contributed by atoms with Crippen LogP contribution in [-0.2, 0) is 0 Å². The lowest BCUT2D eigenvalue weighted by atomic mass is 10.1. The summed E-state index contributed by atoms with van der Waals surface area (Å²) < 4.78 is 12.9. The molecule has 5 heteroatoms. The molecule has 3 rings (SSSR count). The van der Waals surface area contributed by atoms with Crippen LogP contribution in [0.3, 0.4) is 0 Å². The second-order valence-corrected chi connectivity index (χ2v) is 4.94. The first-order valence-corrected chi connectivity index (χ1v) is 7.05. The number of benzene rings is 1. The molecule has 4 nitrogen and oxygen atoms in total. The minimum absolute atomic E-state index is 0.600. The highest BCUT2D eigenvalue weighted by molar-refractivity contribution is 6.30. The van der Waals surface area contributed by atoms with Gasteiger partial charge in [-0.05, 0) is 37.3 Å². The van der Waals surface area contributed by atoms with Crippen molar-refractivity contribution in [2.45, 2.75) is 6.92 Å². The van der Waals surface area contributed by atoms with E-state index in [2.05, 4.69) is 4.98 Å². The first-order chi connectivity index (χ1) is 10.2. The first kappa shape index (κ1) is 13.8. The van der Waals surface area contributed by atoms with Crippen LogP contribution in [0.4, 0.5) is 0 Å². The molecule has 108 valence electrons. The van der Waals surface area contributed by atoms with Crippen molar-refractivity contribution < 1.29 is 9.47 Å². The van der Waals surface area contributed by atoms with Gasteiger partial charge in [0.1, 0.15) is 5.75 Å². The average molecular weight is 303 g/mol. The van der Waals surface area contributed by atoms with Crippen molar-refractivity contribution in [1.82, 2.24) is 9.38 Å². The SMILES string of the molecule is CCOc1cccn2cc(-c3cc(Cl)ccc3OC)nc12. The Morgan fingerprint density at radius 2 is 2.10 bits per heavy atom. The number of hydrogen-bond donors (Lipinski definition) is 0. The third-order valence-electron chi connectivity index (χ3n) is 3.18. The highest BCUT2D eigenvalue weighted by atomic mass is 35.5. The molecule has 0 N–H and O–H groups in total. The summed E-state index contributed by atoms with van der Waals surface area (Å²) in [5.41, 5.74) is 2.43. The molecule has 0 spiro atoms. The van der Waals surface area contributed by atoms with E-state index in [-0.39, 0.29) is 0 Å². The minimum atomic E-state index is 0.600. The average Bonchev–Trinajstić information content (AvgIpc) is 2.92. The van der Waals surface area contributed by atoms with Gasteiger partial charge in [0.25, 0.3) is 0 Å². The summed E-state index contributed by atoms with van der Waals surface area (Å²) in [4.78, 5) is 4.65. The van der Waals surface area contributed by atoms with E-state index in [1.54, 1.807) is 13.2 Å². The van der Waals surface area contributed by atoms with Crippen molar-refractivity contribution in [2.75, 3.05) is 13.7 Å². The van der Waals surface area contributed by atoms with Crippen molar-refractivity contribution in [2.24, 2.45) is 0 Å². The summed E-state index contributed by atoms with van der Waals surface area (Å²) in [5.74, 6) is 1.49. The molecule has 0 unspecified atom stereocenters. The van der Waals surface area contributed by atoms with E-state index in [0.717, 1.165) is 28.4 Å². The summed E-state index contributed by atoms with van der Waals surface area (Å²) in [6.45, 7) is 2.55. The van der Waals surface area contributed by atoms with Gasteiger partial charge in [-0.25, -0.2) is 4.98 Å². The maximum Gasteiger partial charge on any atom is 0.180 e. The van der Waals surface area contributed by atoms with Crippen molar-refractivity contribution in [3.05, 3.63) is 47.7 Å². The molecule has 0 amide bonds. The fourth-order valence-electron chi connectivity index (χ4n) is 2.27. The summed E-state index contributed by atoms with van der Waals surface area (Å²) in [6.07, 6.45) is 3.87. The zero-order chi connectivity index (χ0) is 14.8. The van der Waals surface area contributed by atoms with Crippen LogP contribution in [0.25, 0.3) is 16.9 Å². The van der Waals surface area contributed by atoms with Gasteiger partial charge in [0.2, 0.25) is 0 Å². The van der Waals surface area contributed by atoms with Crippen molar-refractivity contribution >= 4 is 17.2 Å². The summed E-state index contributed by atoms with van der Waals surface area (Å²) in [5, 5.41) is 0.646.